The van der Waals surface area contributed by atoms with Crippen LogP contribution >= 0.6 is 23.1 Å². The third-order valence-corrected chi connectivity index (χ3v) is 4.17. The third kappa shape index (κ3) is 3.23. The first-order valence-corrected chi connectivity index (χ1v) is 6.88. The Morgan fingerprint density at radius 2 is 2.15 bits per heavy atom. The van der Waals surface area contributed by atoms with Crippen LogP contribution in [0.2, 0.25) is 0 Å². The number of alkyl halides is 3. The summed E-state index contributed by atoms with van der Waals surface area (Å²) in [5.74, 6) is -0.580. The van der Waals surface area contributed by atoms with Crippen molar-refractivity contribution in [3.8, 4) is 0 Å². The molecule has 0 aliphatic rings. The molecule has 9 heteroatoms. The highest BCUT2D eigenvalue weighted by atomic mass is 32.2. The Morgan fingerprint density at radius 1 is 1.40 bits per heavy atom. The molecule has 0 saturated carbocycles. The van der Waals surface area contributed by atoms with Gasteiger partial charge in [-0.2, -0.15) is 13.2 Å². The fourth-order valence-corrected chi connectivity index (χ4v) is 3.10. The van der Waals surface area contributed by atoms with E-state index in [1.54, 1.807) is 11.6 Å². The molecule has 0 amide bonds. The number of benzene rings is 1. The Bertz CT molecular complexity index is 626. The molecule has 2 rings (SSSR count). The first-order valence-electron chi connectivity index (χ1n) is 5.18. The van der Waals surface area contributed by atoms with E-state index < -0.39 is 17.6 Å². The van der Waals surface area contributed by atoms with Gasteiger partial charge in [0.2, 0.25) is 0 Å². The molecule has 4 nitrogen and oxygen atoms in total. The van der Waals surface area contributed by atoms with E-state index in [2.05, 4.69) is 10.1 Å². The van der Waals surface area contributed by atoms with Gasteiger partial charge in [-0.25, -0.2) is 4.98 Å². The van der Waals surface area contributed by atoms with Crippen LogP contribution in [0.5, 0.6) is 0 Å². The molecule has 0 atom stereocenters. The quantitative estimate of drug-likeness (QED) is 0.394. The summed E-state index contributed by atoms with van der Waals surface area (Å²) in [4.78, 5) is 4.37. The van der Waals surface area contributed by atoms with Crippen LogP contribution in [0.3, 0.4) is 0 Å². The van der Waals surface area contributed by atoms with Crippen LogP contribution in [0.25, 0.3) is 0 Å². The highest BCUT2D eigenvalue weighted by molar-refractivity contribution is 8.01. The van der Waals surface area contributed by atoms with Crippen LogP contribution in [0.1, 0.15) is 11.1 Å². The van der Waals surface area contributed by atoms with Gasteiger partial charge in [0.1, 0.15) is 0 Å². The number of nitrogens with zero attached hydrogens (tertiary/aromatic N) is 2. The summed E-state index contributed by atoms with van der Waals surface area (Å²) < 4.78 is 39.6. The second-order valence-corrected chi connectivity index (χ2v) is 5.81. The van der Waals surface area contributed by atoms with Crippen molar-refractivity contribution in [1.29, 1.82) is 0 Å². The van der Waals surface area contributed by atoms with Crippen molar-refractivity contribution < 1.29 is 18.4 Å². The number of thiazole rings is 1. The molecule has 0 aliphatic carbocycles. The summed E-state index contributed by atoms with van der Waals surface area (Å²) in [7, 11) is 0. The molecule has 0 fully saturated rings. The van der Waals surface area contributed by atoms with Gasteiger partial charge in [0.15, 0.2) is 10.2 Å². The van der Waals surface area contributed by atoms with Gasteiger partial charge in [-0.1, -0.05) is 16.9 Å². The predicted molar refractivity (Wildman–Crippen MR) is 70.2 cm³/mol. The minimum atomic E-state index is -4.59. The molecule has 0 spiro atoms. The van der Waals surface area contributed by atoms with E-state index in [0.717, 1.165) is 17.8 Å². The lowest BCUT2D eigenvalue weighted by molar-refractivity contribution is -0.137. The maximum absolute atomic E-state index is 13.0. The van der Waals surface area contributed by atoms with Gasteiger partial charge in [-0.05, 0) is 18.2 Å². The van der Waals surface area contributed by atoms with Crippen molar-refractivity contribution >= 4 is 28.9 Å². The van der Waals surface area contributed by atoms with Gasteiger partial charge in [0.05, 0.1) is 5.56 Å². The van der Waals surface area contributed by atoms with Crippen LogP contribution in [-0.2, 0) is 6.18 Å². The number of aromatic nitrogens is 1. The molecule has 0 aliphatic heterocycles. The highest BCUT2D eigenvalue weighted by Gasteiger charge is 2.34. The highest BCUT2D eigenvalue weighted by Crippen LogP contribution is 2.37. The molecule has 0 unspecified atom stereocenters. The number of rotatable bonds is 3. The van der Waals surface area contributed by atoms with Gasteiger partial charge in [-0.15, -0.1) is 11.3 Å². The largest absolute Gasteiger partial charge is 0.417 e. The topological polar surface area (TPSA) is 71.5 Å². The molecule has 1 aromatic carbocycles. The van der Waals surface area contributed by atoms with Crippen molar-refractivity contribution in [3.63, 3.8) is 0 Å². The second-order valence-electron chi connectivity index (χ2n) is 3.59. The molecular formula is C11H8F3N3OS2. The summed E-state index contributed by atoms with van der Waals surface area (Å²) in [6.07, 6.45) is -3.02. The standard InChI is InChI=1S/C11H8F3N3OS2/c12-11(13,14)8-5-6(20-10-16-3-4-19-10)1-2-7(8)9(15)17-18/h1-5,18H,(H2,15,17). The van der Waals surface area contributed by atoms with E-state index in [0.29, 0.717) is 9.24 Å². The fourth-order valence-electron chi connectivity index (χ4n) is 1.46. The number of oxime groups is 1. The zero-order valence-corrected chi connectivity index (χ0v) is 11.4. The van der Waals surface area contributed by atoms with E-state index in [9.17, 15) is 13.2 Å². The van der Waals surface area contributed by atoms with E-state index in [1.807, 2.05) is 0 Å². The van der Waals surface area contributed by atoms with E-state index in [-0.39, 0.29) is 5.56 Å². The average molecular weight is 319 g/mol. The lowest BCUT2D eigenvalue weighted by atomic mass is 10.1. The number of hydrogen-bond donors (Lipinski definition) is 2. The van der Waals surface area contributed by atoms with Crippen molar-refractivity contribution in [2.75, 3.05) is 0 Å². The summed E-state index contributed by atoms with van der Waals surface area (Å²) >= 11 is 2.45. The maximum Gasteiger partial charge on any atom is 0.417 e. The molecule has 106 valence electrons. The van der Waals surface area contributed by atoms with E-state index >= 15 is 0 Å². The Hall–Kier alpha value is -1.74. The smallest absolute Gasteiger partial charge is 0.409 e. The average Bonchev–Trinajstić information content (AvgIpc) is 2.89. The van der Waals surface area contributed by atoms with Crippen molar-refractivity contribution in [1.82, 2.24) is 4.98 Å². The zero-order valence-electron chi connectivity index (χ0n) is 9.76. The van der Waals surface area contributed by atoms with Gasteiger partial charge < -0.3 is 10.9 Å². The SMILES string of the molecule is N/C(=N/O)c1ccc(Sc2nccs2)cc1C(F)(F)F. The van der Waals surface area contributed by atoms with Crippen LogP contribution in [-0.4, -0.2) is 16.0 Å². The number of halogens is 3. The molecule has 1 aromatic heterocycles. The molecule has 3 N–H and O–H groups in total. The Labute approximate surface area is 120 Å². The molecule has 2 aromatic rings. The monoisotopic (exact) mass is 319 g/mol. The summed E-state index contributed by atoms with van der Waals surface area (Å²) in [6.45, 7) is 0. The number of hydrogen-bond acceptors (Lipinski definition) is 5. The predicted octanol–water partition coefficient (Wildman–Crippen LogP) is 3.41. The molecular weight excluding hydrogens is 311 g/mol. The Kier molecular flexibility index (Phi) is 4.19. The summed E-state index contributed by atoms with van der Waals surface area (Å²) in [5.41, 5.74) is 3.95. The van der Waals surface area contributed by atoms with Crippen LogP contribution in [0.4, 0.5) is 13.2 Å². The first kappa shape index (κ1) is 14.7. The summed E-state index contributed by atoms with van der Waals surface area (Å²) in [6, 6.07) is 3.60. The van der Waals surface area contributed by atoms with Crippen LogP contribution < -0.4 is 5.73 Å². The lowest BCUT2D eigenvalue weighted by Gasteiger charge is -2.13. The molecule has 1 heterocycles. The van der Waals surface area contributed by atoms with E-state index in [4.69, 9.17) is 10.9 Å². The first-order chi connectivity index (χ1) is 9.41. The number of nitrogens with two attached hydrogens (primary N) is 1. The Balaban J connectivity index is 2.43. The second kappa shape index (κ2) is 5.71. The molecule has 0 radical (unpaired) electrons. The van der Waals surface area contributed by atoms with Crippen molar-refractivity contribution in [2.45, 2.75) is 15.4 Å². The van der Waals surface area contributed by atoms with Gasteiger partial charge in [0, 0.05) is 22.0 Å². The van der Waals surface area contributed by atoms with Crippen LogP contribution in [0, 0.1) is 0 Å². The third-order valence-electron chi connectivity index (χ3n) is 2.29. The van der Waals surface area contributed by atoms with Gasteiger partial charge in [-0.3, -0.25) is 0 Å². The minimum Gasteiger partial charge on any atom is -0.409 e. The van der Waals surface area contributed by atoms with Crippen molar-refractivity contribution in [2.24, 2.45) is 10.9 Å². The van der Waals surface area contributed by atoms with Gasteiger partial charge in [0.25, 0.3) is 0 Å². The lowest BCUT2D eigenvalue weighted by Crippen LogP contribution is -2.20. The molecule has 0 bridgehead atoms. The molecule has 20 heavy (non-hydrogen) atoms. The van der Waals surface area contributed by atoms with E-state index in [1.165, 1.54) is 23.5 Å². The number of amidine groups is 1. The maximum atomic E-state index is 13.0. The normalized spacial score (nSPS) is 12.7. The van der Waals surface area contributed by atoms with Crippen molar-refractivity contribution in [3.05, 3.63) is 40.9 Å². The summed E-state index contributed by atoms with van der Waals surface area (Å²) in [5, 5.41) is 12.9. The Morgan fingerprint density at radius 3 is 2.70 bits per heavy atom. The van der Waals surface area contributed by atoms with Gasteiger partial charge >= 0.3 is 6.18 Å². The molecule has 0 saturated heterocycles. The fraction of sp³-hybridized carbons (Fsp3) is 0.0909. The zero-order chi connectivity index (χ0) is 14.8. The minimum absolute atomic E-state index is 0.358. The van der Waals surface area contributed by atoms with Crippen LogP contribution in [0.15, 0.2) is 44.2 Å².